The van der Waals surface area contributed by atoms with E-state index in [-0.39, 0.29) is 20.4 Å². The Bertz CT molecular complexity index is 708. The van der Waals surface area contributed by atoms with E-state index in [1.54, 1.807) is 0 Å². The average Bonchev–Trinajstić information content (AvgIpc) is 2.74. The summed E-state index contributed by atoms with van der Waals surface area (Å²) in [6.07, 6.45) is 12.1. The zero-order valence-corrected chi connectivity index (χ0v) is 19.6. The van der Waals surface area contributed by atoms with Gasteiger partial charge < -0.3 is 0 Å². The Morgan fingerprint density at radius 2 is 0.966 bits per heavy atom. The van der Waals surface area contributed by atoms with Gasteiger partial charge in [-0.05, 0) is 49.9 Å². The first-order valence-electron chi connectivity index (χ1n) is 11.1. The fourth-order valence-corrected chi connectivity index (χ4v) is 3.26. The van der Waals surface area contributed by atoms with Crippen molar-refractivity contribution >= 4 is 22.8 Å². The number of rotatable bonds is 13. The van der Waals surface area contributed by atoms with E-state index in [2.05, 4.69) is 62.4 Å². The van der Waals surface area contributed by atoms with Crippen LogP contribution < -0.4 is 0 Å². The molecule has 3 heteroatoms. The van der Waals surface area contributed by atoms with E-state index in [1.165, 1.54) is 50.7 Å². The molecule has 0 saturated heterocycles. The largest absolute Gasteiger partial charge is 0.252 e. The quantitative estimate of drug-likeness (QED) is 0.155. The van der Waals surface area contributed by atoms with Gasteiger partial charge in [-0.25, -0.2) is 0 Å². The molecule has 29 heavy (non-hydrogen) atoms. The van der Waals surface area contributed by atoms with Crippen LogP contribution in [0.25, 0.3) is 0 Å². The molecule has 0 aliphatic carbocycles. The van der Waals surface area contributed by atoms with Crippen LogP contribution in [0.2, 0.25) is 0 Å². The van der Waals surface area contributed by atoms with Gasteiger partial charge in [0.2, 0.25) is 0 Å². The summed E-state index contributed by atoms with van der Waals surface area (Å²) in [6.45, 7) is 4.51. The molecule has 2 aromatic carbocycles. The second-order valence-corrected chi connectivity index (χ2v) is 7.41. The van der Waals surface area contributed by atoms with Crippen LogP contribution in [0.15, 0.2) is 70.6 Å². The van der Waals surface area contributed by atoms with Gasteiger partial charge in [-0.3, -0.25) is 9.98 Å². The minimum Gasteiger partial charge on any atom is -0.252 e. The van der Waals surface area contributed by atoms with Gasteiger partial charge in [-0.2, -0.15) is 0 Å². The van der Waals surface area contributed by atoms with Crippen molar-refractivity contribution in [3.8, 4) is 0 Å². The molecule has 0 amide bonds. The molecular formula is C26H36N2Pd. The van der Waals surface area contributed by atoms with Crippen LogP contribution in [-0.2, 0) is 20.4 Å². The van der Waals surface area contributed by atoms with Gasteiger partial charge in [-0.15, -0.1) is 0 Å². The third-order valence-corrected chi connectivity index (χ3v) is 4.91. The average molecular weight is 483 g/mol. The number of benzene rings is 2. The molecule has 0 aromatic heterocycles. The fourth-order valence-electron chi connectivity index (χ4n) is 3.26. The van der Waals surface area contributed by atoms with Crippen molar-refractivity contribution < 1.29 is 20.4 Å². The van der Waals surface area contributed by atoms with Crippen molar-refractivity contribution in [2.45, 2.75) is 78.1 Å². The first-order chi connectivity index (χ1) is 13.8. The van der Waals surface area contributed by atoms with Crippen LogP contribution in [0.3, 0.4) is 0 Å². The zero-order chi connectivity index (χ0) is 19.9. The second kappa shape index (κ2) is 16.3. The van der Waals surface area contributed by atoms with E-state index in [0.717, 1.165) is 36.3 Å². The van der Waals surface area contributed by atoms with Gasteiger partial charge in [0.15, 0.2) is 0 Å². The van der Waals surface area contributed by atoms with Gasteiger partial charge in [0.25, 0.3) is 0 Å². The van der Waals surface area contributed by atoms with E-state index in [9.17, 15) is 0 Å². The fraction of sp³-hybridized carbons (Fsp3) is 0.462. The Kier molecular flexibility index (Phi) is 14.3. The minimum absolute atomic E-state index is 0. The maximum atomic E-state index is 5.03. The summed E-state index contributed by atoms with van der Waals surface area (Å²) in [5, 5.41) is 0. The molecular weight excluding hydrogens is 447 g/mol. The molecule has 0 saturated carbocycles. The molecule has 0 heterocycles. The number of aliphatic imine (C=N–C) groups is 2. The van der Waals surface area contributed by atoms with E-state index in [4.69, 9.17) is 9.98 Å². The predicted molar refractivity (Wildman–Crippen MR) is 125 cm³/mol. The van der Waals surface area contributed by atoms with Gasteiger partial charge in [0, 0.05) is 20.4 Å². The van der Waals surface area contributed by atoms with E-state index in [0.29, 0.717) is 0 Å². The van der Waals surface area contributed by atoms with Crippen LogP contribution >= 0.6 is 0 Å². The third-order valence-electron chi connectivity index (χ3n) is 4.91. The Hall–Kier alpha value is -1.56. The van der Waals surface area contributed by atoms with Gasteiger partial charge in [0.1, 0.15) is 0 Å². The molecule has 2 aromatic rings. The van der Waals surface area contributed by atoms with Crippen molar-refractivity contribution in [3.05, 3.63) is 60.7 Å². The van der Waals surface area contributed by atoms with Crippen molar-refractivity contribution in [2.24, 2.45) is 9.98 Å². The molecule has 0 aliphatic rings. The van der Waals surface area contributed by atoms with Crippen molar-refractivity contribution in [3.63, 3.8) is 0 Å². The van der Waals surface area contributed by atoms with E-state index < -0.39 is 0 Å². The standard InChI is InChI=1S/C26H36N2.Pd/c1-3-5-7-8-9-16-22-26(28-24-19-14-11-15-20-24)25(21-6-4-2)27-23-17-12-10-13-18-23;/h10-15,17-20H,3-9,16,21-22H2,1-2H3;/b27-25+,28-26+;. The Morgan fingerprint density at radius 3 is 1.45 bits per heavy atom. The van der Waals surface area contributed by atoms with E-state index in [1.807, 2.05) is 12.1 Å². The van der Waals surface area contributed by atoms with Crippen molar-refractivity contribution in [1.82, 2.24) is 0 Å². The maximum absolute atomic E-state index is 5.03. The number of hydrogen-bond donors (Lipinski definition) is 0. The molecule has 0 aliphatic heterocycles. The second-order valence-electron chi connectivity index (χ2n) is 7.41. The summed E-state index contributed by atoms with van der Waals surface area (Å²) in [6, 6.07) is 20.6. The number of para-hydroxylation sites is 2. The molecule has 0 spiro atoms. The van der Waals surface area contributed by atoms with Gasteiger partial charge >= 0.3 is 0 Å². The molecule has 0 N–H and O–H groups in total. The first-order valence-corrected chi connectivity index (χ1v) is 11.1. The summed E-state index contributed by atoms with van der Waals surface area (Å²) < 4.78 is 0. The summed E-state index contributed by atoms with van der Waals surface area (Å²) in [5.41, 5.74) is 4.38. The minimum atomic E-state index is 0. The van der Waals surface area contributed by atoms with E-state index >= 15 is 0 Å². The smallest absolute Gasteiger partial charge is 0.0633 e. The van der Waals surface area contributed by atoms with Crippen LogP contribution in [0.5, 0.6) is 0 Å². The van der Waals surface area contributed by atoms with Gasteiger partial charge in [0.05, 0.1) is 22.8 Å². The van der Waals surface area contributed by atoms with Crippen molar-refractivity contribution in [1.29, 1.82) is 0 Å². The molecule has 2 rings (SSSR count). The van der Waals surface area contributed by atoms with Crippen LogP contribution in [0.1, 0.15) is 78.1 Å². The molecule has 0 unspecified atom stereocenters. The van der Waals surface area contributed by atoms with Crippen LogP contribution in [0.4, 0.5) is 11.4 Å². The van der Waals surface area contributed by atoms with Crippen LogP contribution in [0, 0.1) is 0 Å². The molecule has 0 fully saturated rings. The molecule has 0 bridgehead atoms. The summed E-state index contributed by atoms with van der Waals surface area (Å²) in [7, 11) is 0. The summed E-state index contributed by atoms with van der Waals surface area (Å²) >= 11 is 0. The topological polar surface area (TPSA) is 24.7 Å². The monoisotopic (exact) mass is 482 g/mol. The molecule has 0 atom stereocenters. The first kappa shape index (κ1) is 25.5. The van der Waals surface area contributed by atoms with Gasteiger partial charge in [-0.1, -0.05) is 88.8 Å². The summed E-state index contributed by atoms with van der Waals surface area (Å²) in [5.74, 6) is 0. The number of hydrogen-bond acceptors (Lipinski definition) is 2. The SMILES string of the molecule is CCCCCCCCC(=N\c1ccccc1)/C(CCCC)=N/c1ccccc1.[Pd]. The Morgan fingerprint density at radius 1 is 0.552 bits per heavy atom. The summed E-state index contributed by atoms with van der Waals surface area (Å²) in [4.78, 5) is 10.0. The number of nitrogens with zero attached hydrogens (tertiary/aromatic N) is 2. The Balaban J connectivity index is 0.00000420. The number of unbranched alkanes of at least 4 members (excludes halogenated alkanes) is 6. The third kappa shape index (κ3) is 10.7. The molecule has 2 nitrogen and oxygen atoms in total. The maximum Gasteiger partial charge on any atom is 0.0633 e. The molecule has 160 valence electrons. The zero-order valence-electron chi connectivity index (χ0n) is 18.1. The predicted octanol–water partition coefficient (Wildman–Crippen LogP) is 8.47. The molecule has 0 radical (unpaired) electrons. The van der Waals surface area contributed by atoms with Crippen molar-refractivity contribution in [2.75, 3.05) is 0 Å². The Labute approximate surface area is 191 Å². The van der Waals surface area contributed by atoms with Crippen LogP contribution in [-0.4, -0.2) is 11.4 Å². The normalized spacial score (nSPS) is 11.9.